The smallest absolute Gasteiger partial charge is 0.251 e. The van der Waals surface area contributed by atoms with Crippen molar-refractivity contribution < 1.29 is 9.47 Å². The molecule has 1 heterocycles. The van der Waals surface area contributed by atoms with Crippen LogP contribution >= 0.6 is 0 Å². The maximum absolute atomic E-state index is 11.6. The van der Waals surface area contributed by atoms with Gasteiger partial charge in [0.25, 0.3) is 5.56 Å². The number of H-pyrrole nitrogens is 1. The average Bonchev–Trinajstić information content (AvgIpc) is 2.38. The summed E-state index contributed by atoms with van der Waals surface area (Å²) in [5.74, 6) is 1.26. The van der Waals surface area contributed by atoms with Crippen molar-refractivity contribution in [3.05, 3.63) is 46.5 Å². The zero-order valence-electron chi connectivity index (χ0n) is 11.8. The van der Waals surface area contributed by atoms with Gasteiger partial charge in [-0.1, -0.05) is 12.1 Å². The van der Waals surface area contributed by atoms with E-state index in [9.17, 15) is 4.79 Å². The van der Waals surface area contributed by atoms with Crippen molar-refractivity contribution in [3.8, 4) is 17.0 Å². The van der Waals surface area contributed by atoms with E-state index in [0.717, 1.165) is 11.3 Å². The molecule has 0 atom stereocenters. The third-order valence-electron chi connectivity index (χ3n) is 2.57. The number of ether oxygens (including phenoxy) is 2. The molecule has 1 aromatic carbocycles. The molecule has 1 N–H and O–H groups in total. The molecule has 1 aromatic heterocycles. The number of methoxy groups -OCH3 is 1. The first-order chi connectivity index (χ1) is 9.58. The van der Waals surface area contributed by atoms with Crippen LogP contribution in [-0.4, -0.2) is 23.2 Å². The van der Waals surface area contributed by atoms with Gasteiger partial charge in [0.15, 0.2) is 0 Å². The first kappa shape index (κ1) is 14.3. The van der Waals surface area contributed by atoms with Crippen LogP contribution in [0.4, 0.5) is 0 Å². The maximum Gasteiger partial charge on any atom is 0.251 e. The van der Waals surface area contributed by atoms with Crippen LogP contribution in [0.15, 0.2) is 35.1 Å². The highest BCUT2D eigenvalue weighted by molar-refractivity contribution is 5.60. The largest absolute Gasteiger partial charge is 0.491 e. The molecule has 0 fully saturated rings. The molecule has 106 valence electrons. The number of nitrogens with zero attached hydrogens (tertiary/aromatic N) is 1. The van der Waals surface area contributed by atoms with Crippen LogP contribution in [-0.2, 0) is 11.3 Å². The van der Waals surface area contributed by atoms with Gasteiger partial charge in [0.2, 0.25) is 0 Å². The number of aromatic nitrogens is 2. The SMILES string of the molecule is COCc1nc(-c2cccc(OC(C)C)c2)cc(=O)[nH]1. The minimum atomic E-state index is -0.197. The van der Waals surface area contributed by atoms with Gasteiger partial charge in [-0.15, -0.1) is 0 Å². The molecule has 0 saturated heterocycles. The summed E-state index contributed by atoms with van der Waals surface area (Å²) in [5.41, 5.74) is 1.25. The molecule has 5 heteroatoms. The monoisotopic (exact) mass is 274 g/mol. The topological polar surface area (TPSA) is 64.2 Å². The fourth-order valence-electron chi connectivity index (χ4n) is 1.86. The molecule has 0 spiro atoms. The quantitative estimate of drug-likeness (QED) is 0.909. The van der Waals surface area contributed by atoms with Crippen LogP contribution in [0.25, 0.3) is 11.3 Å². The molecule has 0 saturated carbocycles. The molecule has 2 aromatic rings. The summed E-state index contributed by atoms with van der Waals surface area (Å²) in [5, 5.41) is 0. The summed E-state index contributed by atoms with van der Waals surface area (Å²) in [6.45, 7) is 4.20. The lowest BCUT2D eigenvalue weighted by atomic mass is 10.1. The zero-order chi connectivity index (χ0) is 14.5. The number of nitrogens with one attached hydrogen (secondary N) is 1. The highest BCUT2D eigenvalue weighted by Gasteiger charge is 2.06. The van der Waals surface area contributed by atoms with E-state index in [0.29, 0.717) is 11.5 Å². The van der Waals surface area contributed by atoms with Crippen molar-refractivity contribution in [3.63, 3.8) is 0 Å². The van der Waals surface area contributed by atoms with E-state index in [1.54, 1.807) is 7.11 Å². The van der Waals surface area contributed by atoms with Crippen LogP contribution in [0.3, 0.4) is 0 Å². The molecule has 0 unspecified atom stereocenters. The van der Waals surface area contributed by atoms with Crippen molar-refractivity contribution in [1.29, 1.82) is 0 Å². The van der Waals surface area contributed by atoms with E-state index in [-0.39, 0.29) is 18.3 Å². The van der Waals surface area contributed by atoms with Crippen molar-refractivity contribution >= 4 is 0 Å². The first-order valence-corrected chi connectivity index (χ1v) is 6.45. The second-order valence-corrected chi connectivity index (χ2v) is 4.70. The molecule has 0 aliphatic carbocycles. The van der Waals surface area contributed by atoms with E-state index in [1.165, 1.54) is 6.07 Å². The van der Waals surface area contributed by atoms with Crippen LogP contribution < -0.4 is 10.3 Å². The number of hydrogen-bond donors (Lipinski definition) is 1. The Morgan fingerprint density at radius 1 is 1.30 bits per heavy atom. The molecule has 2 rings (SSSR count). The van der Waals surface area contributed by atoms with E-state index >= 15 is 0 Å². The van der Waals surface area contributed by atoms with Gasteiger partial charge in [0, 0.05) is 18.7 Å². The van der Waals surface area contributed by atoms with Gasteiger partial charge in [0.05, 0.1) is 11.8 Å². The van der Waals surface area contributed by atoms with Gasteiger partial charge in [-0.25, -0.2) is 4.98 Å². The van der Waals surface area contributed by atoms with Gasteiger partial charge in [-0.3, -0.25) is 4.79 Å². The second kappa shape index (κ2) is 6.34. The Labute approximate surface area is 117 Å². The van der Waals surface area contributed by atoms with Crippen molar-refractivity contribution in [2.75, 3.05) is 7.11 Å². The lowest BCUT2D eigenvalue weighted by Crippen LogP contribution is -2.11. The predicted molar refractivity (Wildman–Crippen MR) is 76.8 cm³/mol. The van der Waals surface area contributed by atoms with Gasteiger partial charge < -0.3 is 14.5 Å². The Morgan fingerprint density at radius 3 is 2.80 bits per heavy atom. The summed E-state index contributed by atoms with van der Waals surface area (Å²) in [6.07, 6.45) is 0.0986. The normalized spacial score (nSPS) is 10.8. The summed E-state index contributed by atoms with van der Waals surface area (Å²) < 4.78 is 10.6. The second-order valence-electron chi connectivity index (χ2n) is 4.70. The zero-order valence-corrected chi connectivity index (χ0v) is 11.8. The van der Waals surface area contributed by atoms with E-state index in [4.69, 9.17) is 9.47 Å². The Balaban J connectivity index is 2.38. The van der Waals surface area contributed by atoms with Crippen LogP contribution in [0.2, 0.25) is 0 Å². The molecule has 5 nitrogen and oxygen atoms in total. The molecular weight excluding hydrogens is 256 g/mol. The van der Waals surface area contributed by atoms with Gasteiger partial charge in [-0.05, 0) is 26.0 Å². The summed E-state index contributed by atoms with van der Waals surface area (Å²) in [4.78, 5) is 18.7. The van der Waals surface area contributed by atoms with Crippen molar-refractivity contribution in [1.82, 2.24) is 9.97 Å². The molecule has 0 radical (unpaired) electrons. The van der Waals surface area contributed by atoms with Crippen LogP contribution in [0, 0.1) is 0 Å². The number of benzene rings is 1. The standard InChI is InChI=1S/C15H18N2O3/c1-10(2)20-12-6-4-5-11(7-12)13-8-15(18)17-14(16-13)9-19-3/h4-8,10H,9H2,1-3H3,(H,16,17,18). The average molecular weight is 274 g/mol. The highest BCUT2D eigenvalue weighted by atomic mass is 16.5. The van der Waals surface area contributed by atoms with Crippen LogP contribution in [0.5, 0.6) is 5.75 Å². The van der Waals surface area contributed by atoms with Crippen molar-refractivity contribution in [2.24, 2.45) is 0 Å². The molecule has 20 heavy (non-hydrogen) atoms. The Bertz CT molecular complexity index is 635. The molecule has 0 amide bonds. The van der Waals surface area contributed by atoms with Gasteiger partial charge in [0.1, 0.15) is 18.2 Å². The Kier molecular flexibility index (Phi) is 4.53. The molecular formula is C15H18N2O3. The lowest BCUT2D eigenvalue weighted by molar-refractivity contribution is 0.177. The van der Waals surface area contributed by atoms with Gasteiger partial charge >= 0.3 is 0 Å². The molecule has 0 aliphatic heterocycles. The number of hydrogen-bond acceptors (Lipinski definition) is 4. The van der Waals surface area contributed by atoms with E-state index < -0.39 is 0 Å². The van der Waals surface area contributed by atoms with Gasteiger partial charge in [-0.2, -0.15) is 0 Å². The minimum absolute atomic E-state index is 0.0986. The third kappa shape index (κ3) is 3.68. The first-order valence-electron chi connectivity index (χ1n) is 6.45. The highest BCUT2D eigenvalue weighted by Crippen LogP contribution is 2.22. The molecule has 0 bridgehead atoms. The Hall–Kier alpha value is -2.14. The predicted octanol–water partition coefficient (Wildman–Crippen LogP) is 2.37. The Morgan fingerprint density at radius 2 is 2.10 bits per heavy atom. The summed E-state index contributed by atoms with van der Waals surface area (Å²) in [7, 11) is 1.56. The maximum atomic E-state index is 11.6. The van der Waals surface area contributed by atoms with Crippen LogP contribution in [0.1, 0.15) is 19.7 Å². The fourth-order valence-corrected chi connectivity index (χ4v) is 1.86. The summed E-state index contributed by atoms with van der Waals surface area (Å²) >= 11 is 0. The third-order valence-corrected chi connectivity index (χ3v) is 2.57. The number of aromatic amines is 1. The van der Waals surface area contributed by atoms with Crippen molar-refractivity contribution in [2.45, 2.75) is 26.6 Å². The van der Waals surface area contributed by atoms with E-state index in [1.807, 2.05) is 38.1 Å². The fraction of sp³-hybridized carbons (Fsp3) is 0.333. The molecule has 0 aliphatic rings. The lowest BCUT2D eigenvalue weighted by Gasteiger charge is -2.11. The number of rotatable bonds is 5. The minimum Gasteiger partial charge on any atom is -0.491 e. The van der Waals surface area contributed by atoms with E-state index in [2.05, 4.69) is 9.97 Å². The summed E-state index contributed by atoms with van der Waals surface area (Å²) in [6, 6.07) is 9.00.